The van der Waals surface area contributed by atoms with Crippen molar-refractivity contribution in [1.29, 1.82) is 5.26 Å². The van der Waals surface area contributed by atoms with Gasteiger partial charge in [-0.1, -0.05) is 35.3 Å². The van der Waals surface area contributed by atoms with E-state index in [1.165, 1.54) is 22.5 Å². The van der Waals surface area contributed by atoms with Crippen molar-refractivity contribution in [2.45, 2.75) is 26.7 Å². The smallest absolute Gasteiger partial charge is 0.128 e. The first-order valence-electron chi connectivity index (χ1n) is 6.16. The molecule has 98 valence electrons. The van der Waals surface area contributed by atoms with E-state index in [0.29, 0.717) is 10.6 Å². The van der Waals surface area contributed by atoms with Gasteiger partial charge in [0.2, 0.25) is 0 Å². The molecule has 19 heavy (non-hydrogen) atoms. The highest BCUT2D eigenvalue weighted by Crippen LogP contribution is 2.40. The van der Waals surface area contributed by atoms with E-state index >= 15 is 0 Å². The number of nitrogens with two attached hydrogens (primary N) is 1. The van der Waals surface area contributed by atoms with Crippen molar-refractivity contribution >= 4 is 33.0 Å². The van der Waals surface area contributed by atoms with Gasteiger partial charge in [0.15, 0.2) is 0 Å². The van der Waals surface area contributed by atoms with Crippen LogP contribution in [-0.4, -0.2) is 0 Å². The van der Waals surface area contributed by atoms with Crippen molar-refractivity contribution < 1.29 is 0 Å². The highest BCUT2D eigenvalue weighted by Gasteiger charge is 2.17. The zero-order chi connectivity index (χ0) is 14.0. The lowest BCUT2D eigenvalue weighted by atomic mass is 10.0. The first-order valence-corrected chi connectivity index (χ1v) is 7.77. The molecule has 1 aromatic heterocycles. The number of nitriles is 1. The highest BCUT2D eigenvalue weighted by atomic mass is 79.9. The monoisotopic (exact) mass is 334 g/mol. The Kier molecular flexibility index (Phi) is 4.28. The maximum atomic E-state index is 9.16. The fourth-order valence-electron chi connectivity index (χ4n) is 2.16. The van der Waals surface area contributed by atoms with E-state index < -0.39 is 0 Å². The predicted octanol–water partition coefficient (Wildman–Crippen LogP) is 4.89. The molecule has 1 heterocycles. The minimum Gasteiger partial charge on any atom is -0.397 e. The average Bonchev–Trinajstić information content (AvgIpc) is 2.68. The molecule has 2 nitrogen and oxygen atoms in total. The summed E-state index contributed by atoms with van der Waals surface area (Å²) in [5.41, 5.74) is 10.2. The van der Waals surface area contributed by atoms with Gasteiger partial charge in [-0.2, -0.15) is 5.26 Å². The first-order chi connectivity index (χ1) is 9.08. The van der Waals surface area contributed by atoms with Crippen LogP contribution in [-0.2, 0) is 6.42 Å². The van der Waals surface area contributed by atoms with Crippen LogP contribution >= 0.6 is 27.3 Å². The van der Waals surface area contributed by atoms with Crippen molar-refractivity contribution in [3.63, 3.8) is 0 Å². The lowest BCUT2D eigenvalue weighted by Gasteiger charge is -2.08. The van der Waals surface area contributed by atoms with Gasteiger partial charge in [-0.25, -0.2) is 0 Å². The summed E-state index contributed by atoms with van der Waals surface area (Å²) in [7, 11) is 0. The Labute approximate surface area is 126 Å². The molecule has 2 rings (SSSR count). The molecule has 0 saturated heterocycles. The van der Waals surface area contributed by atoms with E-state index in [9.17, 15) is 0 Å². The second-order valence-corrected chi connectivity index (χ2v) is 6.41. The number of halogens is 1. The third-order valence-corrected chi connectivity index (χ3v) is 4.76. The van der Waals surface area contributed by atoms with Gasteiger partial charge in [0, 0.05) is 9.35 Å². The fraction of sp³-hybridized carbons (Fsp3) is 0.267. The van der Waals surface area contributed by atoms with Gasteiger partial charge in [0.05, 0.1) is 5.69 Å². The van der Waals surface area contributed by atoms with Gasteiger partial charge in [-0.15, -0.1) is 11.3 Å². The minimum absolute atomic E-state index is 0.626. The molecular weight excluding hydrogens is 320 g/mol. The Morgan fingerprint density at radius 2 is 2.16 bits per heavy atom. The Morgan fingerprint density at radius 3 is 2.74 bits per heavy atom. The standard InChI is InChI=1S/C15H15BrN2S/c1-3-4-12-14(18)13(8-17)19-15(12)11-6-5-10(16)7-9(11)2/h5-7H,3-4,18H2,1-2H3. The second kappa shape index (κ2) is 5.77. The lowest BCUT2D eigenvalue weighted by molar-refractivity contribution is 0.929. The maximum Gasteiger partial charge on any atom is 0.128 e. The molecule has 2 N–H and O–H groups in total. The molecule has 0 radical (unpaired) electrons. The third-order valence-electron chi connectivity index (χ3n) is 3.08. The SMILES string of the molecule is CCCc1c(-c2ccc(Br)cc2C)sc(C#N)c1N. The van der Waals surface area contributed by atoms with Gasteiger partial charge in [0.1, 0.15) is 10.9 Å². The van der Waals surface area contributed by atoms with Crippen LogP contribution in [0.4, 0.5) is 5.69 Å². The number of thiophene rings is 1. The van der Waals surface area contributed by atoms with E-state index in [2.05, 4.69) is 48.0 Å². The van der Waals surface area contributed by atoms with E-state index in [1.54, 1.807) is 0 Å². The van der Waals surface area contributed by atoms with E-state index in [4.69, 9.17) is 11.0 Å². The average molecular weight is 335 g/mol. The number of hydrogen-bond donors (Lipinski definition) is 1. The van der Waals surface area contributed by atoms with Gasteiger partial charge >= 0.3 is 0 Å². The van der Waals surface area contributed by atoms with Crippen LogP contribution < -0.4 is 5.73 Å². The summed E-state index contributed by atoms with van der Waals surface area (Å²) in [4.78, 5) is 1.77. The zero-order valence-electron chi connectivity index (χ0n) is 11.0. The Balaban J connectivity index is 2.64. The molecule has 0 spiro atoms. The molecule has 1 aromatic carbocycles. The Bertz CT molecular complexity index is 653. The molecule has 0 aliphatic heterocycles. The number of aryl methyl sites for hydroxylation is 1. The summed E-state index contributed by atoms with van der Waals surface area (Å²) in [6, 6.07) is 8.41. The first kappa shape index (κ1) is 14.1. The molecule has 4 heteroatoms. The normalized spacial score (nSPS) is 10.4. The predicted molar refractivity (Wildman–Crippen MR) is 85.3 cm³/mol. The molecule has 2 aromatic rings. The quantitative estimate of drug-likeness (QED) is 0.868. The van der Waals surface area contributed by atoms with Crippen LogP contribution in [0.1, 0.15) is 29.3 Å². The summed E-state index contributed by atoms with van der Waals surface area (Å²) in [6.45, 7) is 4.21. The second-order valence-electron chi connectivity index (χ2n) is 4.47. The molecule has 0 aliphatic carbocycles. The van der Waals surface area contributed by atoms with Crippen molar-refractivity contribution in [2.75, 3.05) is 5.73 Å². The molecular formula is C15H15BrN2S. The van der Waals surface area contributed by atoms with Crippen LogP contribution in [0.3, 0.4) is 0 Å². The van der Waals surface area contributed by atoms with Crippen LogP contribution in [0.15, 0.2) is 22.7 Å². The van der Waals surface area contributed by atoms with Crippen molar-refractivity contribution in [1.82, 2.24) is 0 Å². The summed E-state index contributed by atoms with van der Waals surface area (Å²) >= 11 is 4.98. The van der Waals surface area contributed by atoms with Crippen molar-refractivity contribution in [2.24, 2.45) is 0 Å². The third kappa shape index (κ3) is 2.68. The molecule has 0 aliphatic rings. The molecule has 0 saturated carbocycles. The fourth-order valence-corrected chi connectivity index (χ4v) is 3.79. The lowest BCUT2D eigenvalue weighted by Crippen LogP contribution is -1.93. The topological polar surface area (TPSA) is 49.8 Å². The minimum atomic E-state index is 0.626. The van der Waals surface area contributed by atoms with E-state index in [-0.39, 0.29) is 0 Å². The van der Waals surface area contributed by atoms with Crippen molar-refractivity contribution in [3.05, 3.63) is 38.7 Å². The van der Waals surface area contributed by atoms with E-state index in [1.807, 2.05) is 6.07 Å². The van der Waals surface area contributed by atoms with Crippen LogP contribution in [0, 0.1) is 18.3 Å². The van der Waals surface area contributed by atoms with E-state index in [0.717, 1.165) is 27.8 Å². The molecule has 0 bridgehead atoms. The summed E-state index contributed by atoms with van der Waals surface area (Å²) in [6.07, 6.45) is 1.93. The molecule has 0 unspecified atom stereocenters. The van der Waals surface area contributed by atoms with Gasteiger partial charge < -0.3 is 5.73 Å². The number of nitrogens with zero attached hydrogens (tertiary/aromatic N) is 1. The number of benzene rings is 1. The van der Waals surface area contributed by atoms with Crippen LogP contribution in [0.5, 0.6) is 0 Å². The van der Waals surface area contributed by atoms with Crippen LogP contribution in [0.2, 0.25) is 0 Å². The largest absolute Gasteiger partial charge is 0.397 e. The van der Waals surface area contributed by atoms with Gasteiger partial charge in [0.25, 0.3) is 0 Å². The van der Waals surface area contributed by atoms with Gasteiger partial charge in [-0.3, -0.25) is 0 Å². The summed E-state index contributed by atoms with van der Waals surface area (Å²) in [5.74, 6) is 0. The Hall–Kier alpha value is -1.31. The Morgan fingerprint density at radius 1 is 1.42 bits per heavy atom. The number of anilines is 1. The maximum absolute atomic E-state index is 9.16. The number of rotatable bonds is 3. The summed E-state index contributed by atoms with van der Waals surface area (Å²) < 4.78 is 1.07. The van der Waals surface area contributed by atoms with Crippen LogP contribution in [0.25, 0.3) is 10.4 Å². The summed E-state index contributed by atoms with van der Waals surface area (Å²) in [5, 5.41) is 9.16. The molecule has 0 amide bonds. The van der Waals surface area contributed by atoms with Gasteiger partial charge in [-0.05, 0) is 42.2 Å². The molecule has 0 atom stereocenters. The zero-order valence-corrected chi connectivity index (χ0v) is 13.4. The highest BCUT2D eigenvalue weighted by molar-refractivity contribution is 9.10. The molecule has 0 fully saturated rings. The number of hydrogen-bond acceptors (Lipinski definition) is 3. The van der Waals surface area contributed by atoms with Crippen molar-refractivity contribution in [3.8, 4) is 16.5 Å². The number of nitrogen functional groups attached to an aromatic ring is 1.